The lowest BCUT2D eigenvalue weighted by Crippen LogP contribution is -2.40. The highest BCUT2D eigenvalue weighted by molar-refractivity contribution is 5.68. The molecule has 3 unspecified atom stereocenters. The molecule has 5 heteroatoms. The number of hydrogen-bond donors (Lipinski definition) is 2. The van der Waals surface area contributed by atoms with E-state index in [0.717, 1.165) is 38.8 Å². The van der Waals surface area contributed by atoms with Crippen molar-refractivity contribution in [1.82, 2.24) is 10.2 Å². The molecule has 2 fully saturated rings. The van der Waals surface area contributed by atoms with E-state index >= 15 is 0 Å². The summed E-state index contributed by atoms with van der Waals surface area (Å²) in [6, 6.07) is 0.329. The van der Waals surface area contributed by atoms with Gasteiger partial charge >= 0.3 is 6.09 Å². The van der Waals surface area contributed by atoms with Gasteiger partial charge in [0.2, 0.25) is 0 Å². The summed E-state index contributed by atoms with van der Waals surface area (Å²) in [6.07, 6.45) is 3.76. The third-order valence-electron chi connectivity index (χ3n) is 4.13. The standard InChI is InChI=1S/C15H28N2O3/c1-15(2,3)20-14(19)17-8-7-12(10-17)16-9-11-5-4-6-13(11)18/h11-13,16,18H,4-10H2,1-3H3. The van der Waals surface area contributed by atoms with E-state index in [9.17, 15) is 9.90 Å². The van der Waals surface area contributed by atoms with Gasteiger partial charge in [0.25, 0.3) is 0 Å². The summed E-state index contributed by atoms with van der Waals surface area (Å²) in [5, 5.41) is 13.3. The minimum atomic E-state index is -0.434. The predicted molar refractivity (Wildman–Crippen MR) is 77.6 cm³/mol. The molecular weight excluding hydrogens is 256 g/mol. The van der Waals surface area contributed by atoms with Gasteiger partial charge in [-0.15, -0.1) is 0 Å². The van der Waals surface area contributed by atoms with E-state index < -0.39 is 5.60 Å². The molecule has 0 aromatic rings. The van der Waals surface area contributed by atoms with E-state index in [2.05, 4.69) is 5.32 Å². The Morgan fingerprint density at radius 1 is 1.35 bits per heavy atom. The smallest absolute Gasteiger partial charge is 0.410 e. The van der Waals surface area contributed by atoms with Crippen LogP contribution in [0.25, 0.3) is 0 Å². The number of carbonyl (C=O) groups is 1. The van der Waals surface area contributed by atoms with Gasteiger partial charge in [-0.05, 0) is 46.0 Å². The molecular formula is C15H28N2O3. The number of likely N-dealkylation sites (tertiary alicyclic amines) is 1. The van der Waals surface area contributed by atoms with Crippen molar-refractivity contribution in [2.75, 3.05) is 19.6 Å². The number of nitrogens with one attached hydrogen (secondary N) is 1. The van der Waals surface area contributed by atoms with Crippen LogP contribution in [0.5, 0.6) is 0 Å². The van der Waals surface area contributed by atoms with E-state index in [1.54, 1.807) is 4.90 Å². The van der Waals surface area contributed by atoms with E-state index in [4.69, 9.17) is 4.74 Å². The van der Waals surface area contributed by atoms with Gasteiger partial charge in [0.05, 0.1) is 6.10 Å². The fourth-order valence-electron chi connectivity index (χ4n) is 2.99. The van der Waals surface area contributed by atoms with Crippen molar-refractivity contribution in [3.63, 3.8) is 0 Å². The van der Waals surface area contributed by atoms with E-state index in [1.165, 1.54) is 0 Å². The molecule has 1 saturated heterocycles. The van der Waals surface area contributed by atoms with Crippen molar-refractivity contribution in [3.8, 4) is 0 Å². The highest BCUT2D eigenvalue weighted by atomic mass is 16.6. The Balaban J connectivity index is 1.71. The van der Waals surface area contributed by atoms with Crippen LogP contribution in [0.15, 0.2) is 0 Å². The van der Waals surface area contributed by atoms with Crippen LogP contribution in [0.2, 0.25) is 0 Å². The van der Waals surface area contributed by atoms with Crippen LogP contribution in [0.3, 0.4) is 0 Å². The molecule has 5 nitrogen and oxygen atoms in total. The summed E-state index contributed by atoms with van der Waals surface area (Å²) in [5.41, 5.74) is -0.434. The molecule has 0 radical (unpaired) electrons. The Hall–Kier alpha value is -0.810. The molecule has 0 aromatic heterocycles. The zero-order valence-electron chi connectivity index (χ0n) is 12.9. The zero-order chi connectivity index (χ0) is 14.8. The summed E-state index contributed by atoms with van der Waals surface area (Å²) in [4.78, 5) is 13.7. The highest BCUT2D eigenvalue weighted by Crippen LogP contribution is 2.25. The molecule has 0 spiro atoms. The summed E-state index contributed by atoms with van der Waals surface area (Å²) in [6.45, 7) is 7.97. The number of carbonyl (C=O) groups excluding carboxylic acids is 1. The van der Waals surface area contributed by atoms with E-state index in [0.29, 0.717) is 18.5 Å². The minimum Gasteiger partial charge on any atom is -0.444 e. The molecule has 2 rings (SSSR count). The number of aliphatic hydroxyl groups is 1. The van der Waals surface area contributed by atoms with Crippen molar-refractivity contribution in [1.29, 1.82) is 0 Å². The van der Waals surface area contributed by atoms with Gasteiger partial charge in [-0.25, -0.2) is 4.79 Å². The number of nitrogens with zero attached hydrogens (tertiary/aromatic N) is 1. The minimum absolute atomic E-state index is 0.147. The molecule has 1 saturated carbocycles. The normalized spacial score (nSPS) is 30.8. The number of amides is 1. The lowest BCUT2D eigenvalue weighted by Gasteiger charge is -2.24. The van der Waals surface area contributed by atoms with Crippen molar-refractivity contribution in [3.05, 3.63) is 0 Å². The number of rotatable bonds is 3. The van der Waals surface area contributed by atoms with Crippen LogP contribution in [0, 0.1) is 5.92 Å². The molecule has 20 heavy (non-hydrogen) atoms. The first-order valence-electron chi connectivity index (χ1n) is 7.74. The van der Waals surface area contributed by atoms with Gasteiger partial charge in [-0.1, -0.05) is 6.42 Å². The maximum atomic E-state index is 12.0. The molecule has 2 aliphatic rings. The first kappa shape index (κ1) is 15.6. The number of aliphatic hydroxyl groups excluding tert-OH is 1. The van der Waals surface area contributed by atoms with Gasteiger partial charge in [-0.3, -0.25) is 0 Å². The molecule has 1 amide bonds. The fourth-order valence-corrected chi connectivity index (χ4v) is 2.99. The van der Waals surface area contributed by atoms with Crippen molar-refractivity contribution in [2.24, 2.45) is 5.92 Å². The summed E-state index contributed by atoms with van der Waals surface area (Å²) >= 11 is 0. The molecule has 116 valence electrons. The van der Waals surface area contributed by atoms with Crippen molar-refractivity contribution in [2.45, 2.75) is 64.2 Å². The Kier molecular flexibility index (Phi) is 4.91. The largest absolute Gasteiger partial charge is 0.444 e. The Morgan fingerprint density at radius 3 is 2.70 bits per heavy atom. The van der Waals surface area contributed by atoms with Crippen LogP contribution < -0.4 is 5.32 Å². The van der Waals surface area contributed by atoms with Crippen molar-refractivity contribution < 1.29 is 14.6 Å². The van der Waals surface area contributed by atoms with Crippen LogP contribution in [0.1, 0.15) is 46.5 Å². The molecule has 0 bridgehead atoms. The number of hydrogen-bond acceptors (Lipinski definition) is 4. The summed E-state index contributed by atoms with van der Waals surface area (Å²) in [5.74, 6) is 0.380. The average molecular weight is 284 g/mol. The summed E-state index contributed by atoms with van der Waals surface area (Å²) in [7, 11) is 0. The highest BCUT2D eigenvalue weighted by Gasteiger charge is 2.31. The van der Waals surface area contributed by atoms with Crippen LogP contribution in [-0.4, -0.2) is 53.5 Å². The predicted octanol–water partition coefficient (Wildman–Crippen LogP) is 1.75. The van der Waals surface area contributed by atoms with E-state index in [1.807, 2.05) is 20.8 Å². The Labute approximate surface area is 121 Å². The Bertz CT molecular complexity index is 341. The maximum absolute atomic E-state index is 12.0. The molecule has 3 atom stereocenters. The third-order valence-corrected chi connectivity index (χ3v) is 4.13. The molecule has 0 aromatic carbocycles. The second kappa shape index (κ2) is 6.31. The molecule has 1 heterocycles. The second-order valence-electron chi connectivity index (χ2n) is 7.08. The van der Waals surface area contributed by atoms with Gasteiger partial charge in [0.15, 0.2) is 0 Å². The quantitative estimate of drug-likeness (QED) is 0.829. The molecule has 2 N–H and O–H groups in total. The Morgan fingerprint density at radius 2 is 2.10 bits per heavy atom. The lowest BCUT2D eigenvalue weighted by molar-refractivity contribution is 0.0290. The molecule has 1 aliphatic heterocycles. The molecule has 1 aliphatic carbocycles. The zero-order valence-corrected chi connectivity index (χ0v) is 12.9. The SMILES string of the molecule is CC(C)(C)OC(=O)N1CCC(NCC2CCCC2O)C1. The third kappa shape index (κ3) is 4.35. The van der Waals surface area contributed by atoms with Gasteiger partial charge in [0, 0.05) is 25.7 Å². The van der Waals surface area contributed by atoms with Crippen LogP contribution in [0.4, 0.5) is 4.79 Å². The monoisotopic (exact) mass is 284 g/mol. The average Bonchev–Trinajstić information content (AvgIpc) is 2.93. The second-order valence-corrected chi connectivity index (χ2v) is 7.08. The van der Waals surface area contributed by atoms with E-state index in [-0.39, 0.29) is 12.2 Å². The fraction of sp³-hybridized carbons (Fsp3) is 0.933. The number of ether oxygens (including phenoxy) is 1. The first-order valence-corrected chi connectivity index (χ1v) is 7.74. The first-order chi connectivity index (χ1) is 9.35. The summed E-state index contributed by atoms with van der Waals surface area (Å²) < 4.78 is 5.38. The van der Waals surface area contributed by atoms with Gasteiger partial charge in [0.1, 0.15) is 5.60 Å². The lowest BCUT2D eigenvalue weighted by atomic mass is 10.1. The van der Waals surface area contributed by atoms with Gasteiger partial charge < -0.3 is 20.1 Å². The van der Waals surface area contributed by atoms with Gasteiger partial charge in [-0.2, -0.15) is 0 Å². The van der Waals surface area contributed by atoms with Crippen molar-refractivity contribution >= 4 is 6.09 Å². The maximum Gasteiger partial charge on any atom is 0.410 e. The van der Waals surface area contributed by atoms with Crippen LogP contribution >= 0.6 is 0 Å². The topological polar surface area (TPSA) is 61.8 Å². The van der Waals surface area contributed by atoms with Crippen LogP contribution in [-0.2, 0) is 4.74 Å².